The molecule has 5 nitrogen and oxygen atoms in total. The lowest BCUT2D eigenvalue weighted by molar-refractivity contribution is -0.143. The van der Waals surface area contributed by atoms with Crippen molar-refractivity contribution in [1.29, 1.82) is 0 Å². The Morgan fingerprint density at radius 2 is 1.48 bits per heavy atom. The molecule has 1 fully saturated rings. The van der Waals surface area contributed by atoms with Crippen LogP contribution in [0.1, 0.15) is 110 Å². The van der Waals surface area contributed by atoms with E-state index >= 15 is 0 Å². The molecule has 0 atom stereocenters. The number of aliphatic carboxylic acids is 1. The monoisotopic (exact) mass is 699 g/mol. The van der Waals surface area contributed by atoms with E-state index in [9.17, 15) is 9.90 Å². The fraction of sp³-hybridized carbons (Fsp3) is 0.468. The lowest BCUT2D eigenvalue weighted by atomic mass is 9.77. The summed E-state index contributed by atoms with van der Waals surface area (Å²) in [4.78, 5) is 14.5. The predicted octanol–water partition coefficient (Wildman–Crippen LogP) is 6.56. The minimum Gasteiger partial charge on any atom is -0.481 e. The van der Waals surface area contributed by atoms with Gasteiger partial charge in [0.25, 0.3) is 0 Å². The third kappa shape index (κ3) is 7.25. The van der Waals surface area contributed by atoms with E-state index in [4.69, 9.17) is 0 Å². The number of fused-ring (bicyclic) bond motifs is 2. The number of hydrogen-bond acceptors (Lipinski definition) is 2. The molecule has 0 spiro atoms. The van der Waals surface area contributed by atoms with Gasteiger partial charge in [0.1, 0.15) is 23.8 Å². The molecular formula is C47H61N3O2-2. The number of rotatable bonds is 13. The summed E-state index contributed by atoms with van der Waals surface area (Å²) in [6.07, 6.45) is 19.6. The average molecular weight is 700 g/mol. The van der Waals surface area contributed by atoms with Gasteiger partial charge in [-0.2, -0.15) is 17.9 Å². The minimum atomic E-state index is -0.665. The van der Waals surface area contributed by atoms with E-state index in [0.717, 1.165) is 75.1 Å². The first-order chi connectivity index (χ1) is 24.9. The Morgan fingerprint density at radius 3 is 2.04 bits per heavy atom. The molecule has 1 N–H and O–H groups in total. The molecule has 278 valence electrons. The van der Waals surface area contributed by atoms with Crippen LogP contribution in [0.5, 0.6) is 0 Å². The van der Waals surface area contributed by atoms with E-state index in [1.807, 2.05) is 0 Å². The van der Waals surface area contributed by atoms with Crippen LogP contribution in [-0.4, -0.2) is 42.2 Å². The largest absolute Gasteiger partial charge is 0.481 e. The van der Waals surface area contributed by atoms with Crippen molar-refractivity contribution in [3.8, 4) is 0 Å². The van der Waals surface area contributed by atoms with Crippen LogP contribution in [0.3, 0.4) is 0 Å². The number of hydrogen-bond donors (Lipinski definition) is 1. The molecule has 3 aliphatic heterocycles. The Labute approximate surface area is 313 Å². The molecule has 1 saturated heterocycles. The smallest absolute Gasteiger partial charge is 0.306 e. The van der Waals surface area contributed by atoms with E-state index in [2.05, 4.69) is 129 Å². The Bertz CT molecular complexity index is 1970. The second kappa shape index (κ2) is 15.5. The van der Waals surface area contributed by atoms with Gasteiger partial charge in [0.15, 0.2) is 0 Å². The molecule has 0 radical (unpaired) electrons. The van der Waals surface area contributed by atoms with Gasteiger partial charge in [-0.25, -0.2) is 12.2 Å². The second-order valence-electron chi connectivity index (χ2n) is 16.5. The number of unbranched alkanes of at least 4 members (excludes halogenated alkanes) is 3. The Kier molecular flexibility index (Phi) is 11.2. The number of allylic oxidation sites excluding steroid dienone is 3. The van der Waals surface area contributed by atoms with Crippen LogP contribution in [0.4, 0.5) is 0 Å². The third-order valence-electron chi connectivity index (χ3n) is 12.1. The van der Waals surface area contributed by atoms with Crippen LogP contribution in [0.2, 0.25) is 0 Å². The zero-order chi connectivity index (χ0) is 37.2. The van der Waals surface area contributed by atoms with Crippen molar-refractivity contribution in [2.24, 2.45) is 5.92 Å². The zero-order valence-corrected chi connectivity index (χ0v) is 32.6. The normalized spacial score (nSPS) is 20.2. The molecule has 1 aliphatic carbocycles. The van der Waals surface area contributed by atoms with Gasteiger partial charge in [-0.05, 0) is 59.4 Å². The number of carboxylic acid groups (broad SMARTS) is 1. The number of benzene rings is 2. The van der Waals surface area contributed by atoms with Crippen molar-refractivity contribution >= 4 is 19.1 Å². The molecule has 4 aliphatic rings. The molecule has 2 aromatic rings. The molecule has 2 aromatic carbocycles. The molecule has 5 heteroatoms. The van der Waals surface area contributed by atoms with Gasteiger partial charge in [0.2, 0.25) is 0 Å². The van der Waals surface area contributed by atoms with E-state index < -0.39 is 5.97 Å². The molecule has 0 saturated carbocycles. The van der Waals surface area contributed by atoms with Crippen LogP contribution in [0, 0.1) is 30.8 Å². The van der Waals surface area contributed by atoms with Gasteiger partial charge in [0, 0.05) is 36.4 Å². The standard InChI is InChI=1S/C47H61N3O2/c1-9-11-13-28-50-41-22-18-34(4)32-39(41)47(7,8)43(50)24-20-36-16-14-15-35(44(36)48-29-25-37(26-30-48)45(51)52)19-23-42-46(5,6)38-31-33(3)17-21-40(38)49(42)27-12-10-2/h17-24,31-32,37H,2-4,9-16,25-30H2,1,5-8H3,(H,51,52)/q-2/b23-19?,24-20+. The highest BCUT2D eigenvalue weighted by molar-refractivity contribution is 5.70. The zero-order valence-electron chi connectivity index (χ0n) is 32.6. The van der Waals surface area contributed by atoms with Crippen molar-refractivity contribution in [2.45, 2.75) is 110 Å². The summed E-state index contributed by atoms with van der Waals surface area (Å²) in [7, 11) is 0. The minimum absolute atomic E-state index is 0.140. The number of carboxylic acids is 1. The topological polar surface area (TPSA) is 46.6 Å². The predicted molar refractivity (Wildman–Crippen MR) is 216 cm³/mol. The van der Waals surface area contributed by atoms with E-state index in [1.54, 1.807) is 0 Å². The SMILES string of the molecule is C=c1ccc2c(c1)C(C)(C)[C-](C=CC1=C(N3CCC(C(=O)O)CC3)[C-](/C=C/[C-]3[N+](CCCCC)=c4ccc(=C)cc4C3(C)C)CCC1)[N+]=2CCC[CH2-]. The van der Waals surface area contributed by atoms with Gasteiger partial charge in [-0.3, -0.25) is 10.9 Å². The van der Waals surface area contributed by atoms with Gasteiger partial charge in [-0.1, -0.05) is 103 Å². The summed E-state index contributed by atoms with van der Waals surface area (Å²) in [5.41, 5.74) is 5.06. The summed E-state index contributed by atoms with van der Waals surface area (Å²) in [6.45, 7) is 27.8. The molecule has 3 heterocycles. The first-order valence-corrected chi connectivity index (χ1v) is 19.8. The summed E-state index contributed by atoms with van der Waals surface area (Å²) in [5, 5.41) is 14.5. The fourth-order valence-corrected chi connectivity index (χ4v) is 9.07. The summed E-state index contributed by atoms with van der Waals surface area (Å²) in [6, 6.07) is 16.0. The van der Waals surface area contributed by atoms with Crippen LogP contribution >= 0.6 is 0 Å². The highest BCUT2D eigenvalue weighted by atomic mass is 16.4. The van der Waals surface area contributed by atoms with E-state index in [-0.39, 0.29) is 16.7 Å². The summed E-state index contributed by atoms with van der Waals surface area (Å²) >= 11 is 0. The molecule has 52 heavy (non-hydrogen) atoms. The van der Waals surface area contributed by atoms with Crippen molar-refractivity contribution in [3.63, 3.8) is 0 Å². The van der Waals surface area contributed by atoms with Crippen LogP contribution < -0.4 is 30.3 Å². The van der Waals surface area contributed by atoms with Gasteiger partial charge in [-0.15, -0.1) is 6.08 Å². The number of nitrogens with zero attached hydrogens (tertiary/aromatic N) is 3. The average Bonchev–Trinajstić information content (AvgIpc) is 3.45. The third-order valence-corrected chi connectivity index (χ3v) is 12.1. The van der Waals surface area contributed by atoms with Crippen molar-refractivity contribution in [3.05, 3.63) is 129 Å². The highest BCUT2D eigenvalue weighted by Crippen LogP contribution is 2.42. The second-order valence-corrected chi connectivity index (χ2v) is 16.5. The first-order valence-electron chi connectivity index (χ1n) is 19.8. The van der Waals surface area contributed by atoms with Crippen molar-refractivity contribution < 1.29 is 9.90 Å². The maximum atomic E-state index is 12.0. The maximum absolute atomic E-state index is 12.0. The molecule has 0 bridgehead atoms. The van der Waals surface area contributed by atoms with Gasteiger partial charge < -0.3 is 26.1 Å². The Balaban J connectivity index is 1.39. The number of carbonyl (C=O) groups is 1. The van der Waals surface area contributed by atoms with E-state index in [0.29, 0.717) is 12.8 Å². The summed E-state index contributed by atoms with van der Waals surface area (Å²) in [5.74, 6) is 0.427. The van der Waals surface area contributed by atoms with Gasteiger partial charge >= 0.3 is 5.97 Å². The van der Waals surface area contributed by atoms with Crippen molar-refractivity contribution in [2.75, 3.05) is 26.2 Å². The van der Waals surface area contributed by atoms with Crippen LogP contribution in [0.25, 0.3) is 13.2 Å². The van der Waals surface area contributed by atoms with Crippen molar-refractivity contribution in [1.82, 2.24) is 14.1 Å². The lowest BCUT2D eigenvalue weighted by Gasteiger charge is -2.47. The molecule has 0 amide bonds. The highest BCUT2D eigenvalue weighted by Gasteiger charge is 2.40. The molecular weight excluding hydrogens is 639 g/mol. The Morgan fingerprint density at radius 1 is 0.904 bits per heavy atom. The number of piperidine rings is 1. The molecule has 6 rings (SSSR count). The maximum Gasteiger partial charge on any atom is 0.306 e. The van der Waals surface area contributed by atoms with Crippen LogP contribution in [0.15, 0.2) is 72.0 Å². The van der Waals surface area contributed by atoms with E-state index in [1.165, 1.54) is 64.0 Å². The quantitative estimate of drug-likeness (QED) is 0.146. The Hall–Kier alpha value is -4.12. The fourth-order valence-electron chi connectivity index (χ4n) is 9.07. The summed E-state index contributed by atoms with van der Waals surface area (Å²) < 4.78 is 5.06. The number of likely N-dealkylation sites (tertiary alicyclic amines) is 1. The first kappa shape index (κ1) is 37.6. The van der Waals surface area contributed by atoms with Crippen LogP contribution in [-0.2, 0) is 15.6 Å². The molecule has 0 unspecified atom stereocenters. The van der Waals surface area contributed by atoms with Gasteiger partial charge in [0.05, 0.1) is 12.0 Å². The molecule has 0 aromatic heterocycles. The lowest BCUT2D eigenvalue weighted by Crippen LogP contribution is -2.38.